The molecule has 0 atom stereocenters. The van der Waals surface area contributed by atoms with E-state index in [1.807, 2.05) is 32.6 Å². The lowest BCUT2D eigenvalue weighted by Crippen LogP contribution is -2.38. The topological polar surface area (TPSA) is 59.1 Å². The van der Waals surface area contributed by atoms with Crippen LogP contribution in [0.3, 0.4) is 0 Å². The molecule has 154 valence electrons. The highest BCUT2D eigenvalue weighted by Gasteiger charge is 2.31. The van der Waals surface area contributed by atoms with E-state index in [1.54, 1.807) is 4.90 Å². The average Bonchev–Trinajstić information content (AvgIpc) is 2.86. The van der Waals surface area contributed by atoms with Crippen LogP contribution in [0.2, 0.25) is 0 Å². The molecule has 6 heteroatoms. The van der Waals surface area contributed by atoms with Gasteiger partial charge in [-0.2, -0.15) is 0 Å². The molecule has 1 aromatic rings. The highest BCUT2D eigenvalue weighted by molar-refractivity contribution is 5.96. The Labute approximate surface area is 167 Å². The van der Waals surface area contributed by atoms with E-state index in [2.05, 4.69) is 13.0 Å². The second kappa shape index (κ2) is 8.02. The van der Waals surface area contributed by atoms with Crippen molar-refractivity contribution >= 4 is 17.7 Å². The summed E-state index contributed by atoms with van der Waals surface area (Å²) in [6.45, 7) is 12.0. The summed E-state index contributed by atoms with van der Waals surface area (Å²) in [6.07, 6.45) is 2.57. The Morgan fingerprint density at radius 1 is 1.14 bits per heavy atom. The van der Waals surface area contributed by atoms with Gasteiger partial charge >= 0.3 is 6.09 Å². The molecule has 0 N–H and O–H groups in total. The molecule has 0 saturated heterocycles. The number of anilines is 1. The second-order valence-electron chi connectivity index (χ2n) is 8.41. The Morgan fingerprint density at radius 2 is 1.86 bits per heavy atom. The highest BCUT2D eigenvalue weighted by Crippen LogP contribution is 2.41. The first-order valence-corrected chi connectivity index (χ1v) is 10.3. The Kier molecular flexibility index (Phi) is 5.87. The number of amides is 2. The smallest absolute Gasteiger partial charge is 0.410 e. The van der Waals surface area contributed by atoms with Crippen LogP contribution in [0.25, 0.3) is 0 Å². The first kappa shape index (κ1) is 20.5. The Morgan fingerprint density at radius 3 is 2.50 bits per heavy atom. The maximum Gasteiger partial charge on any atom is 0.410 e. The predicted octanol–water partition coefficient (Wildman–Crippen LogP) is 3.72. The van der Waals surface area contributed by atoms with Gasteiger partial charge in [0.2, 0.25) is 5.91 Å². The minimum Gasteiger partial charge on any atom is -0.490 e. The zero-order valence-electron chi connectivity index (χ0n) is 17.8. The van der Waals surface area contributed by atoms with Gasteiger partial charge in [0.1, 0.15) is 18.0 Å². The van der Waals surface area contributed by atoms with Crippen molar-refractivity contribution in [1.82, 2.24) is 4.90 Å². The molecule has 3 rings (SSSR count). The summed E-state index contributed by atoms with van der Waals surface area (Å²) in [6, 6.07) is 2.08. The van der Waals surface area contributed by atoms with Crippen LogP contribution in [0.1, 0.15) is 57.7 Å². The van der Waals surface area contributed by atoms with E-state index >= 15 is 0 Å². The minimum absolute atomic E-state index is 0.128. The van der Waals surface area contributed by atoms with Crippen molar-refractivity contribution in [3.63, 3.8) is 0 Å². The van der Waals surface area contributed by atoms with Crippen LogP contribution in [-0.4, -0.2) is 48.7 Å². The Balaban J connectivity index is 1.93. The van der Waals surface area contributed by atoms with Crippen molar-refractivity contribution in [3.8, 4) is 5.75 Å². The minimum atomic E-state index is -0.501. The van der Waals surface area contributed by atoms with Crippen LogP contribution < -0.4 is 9.64 Å². The number of fused-ring (bicyclic) bond motifs is 2. The zero-order chi connectivity index (χ0) is 20.5. The molecule has 0 spiro atoms. The summed E-state index contributed by atoms with van der Waals surface area (Å²) in [5, 5.41) is 0. The lowest BCUT2D eigenvalue weighted by atomic mass is 9.92. The van der Waals surface area contributed by atoms with Gasteiger partial charge in [-0.25, -0.2) is 4.79 Å². The maximum absolute atomic E-state index is 12.5. The molecule has 2 amide bonds. The maximum atomic E-state index is 12.5. The fourth-order valence-corrected chi connectivity index (χ4v) is 4.04. The van der Waals surface area contributed by atoms with Crippen LogP contribution in [0.4, 0.5) is 10.5 Å². The van der Waals surface area contributed by atoms with E-state index in [-0.39, 0.29) is 12.0 Å². The third-order valence-corrected chi connectivity index (χ3v) is 5.31. The summed E-state index contributed by atoms with van der Waals surface area (Å²) < 4.78 is 11.5. The number of rotatable bonds is 2. The zero-order valence-corrected chi connectivity index (χ0v) is 17.8. The molecule has 2 aliphatic heterocycles. The standard InChI is InChI=1S/C22H32N2O4/c1-6-16-17-9-11-23(21(26)28-22(3,4)5)10-8-15(17)14-18-20(16)24(12-13-27-18)19(25)7-2/h14H,6-13H2,1-5H3. The van der Waals surface area contributed by atoms with Gasteiger partial charge in [0, 0.05) is 19.5 Å². The number of carbonyl (C=O) groups is 2. The Hall–Kier alpha value is -2.24. The summed E-state index contributed by atoms with van der Waals surface area (Å²) in [5.74, 6) is 0.928. The lowest BCUT2D eigenvalue weighted by molar-refractivity contribution is -0.118. The number of benzene rings is 1. The van der Waals surface area contributed by atoms with Gasteiger partial charge in [-0.05, 0) is 62.8 Å². The van der Waals surface area contributed by atoms with Crippen LogP contribution in [0.15, 0.2) is 6.07 Å². The molecule has 0 radical (unpaired) electrons. The van der Waals surface area contributed by atoms with Crippen LogP contribution in [-0.2, 0) is 28.8 Å². The molecule has 0 bridgehead atoms. The fourth-order valence-electron chi connectivity index (χ4n) is 4.04. The first-order valence-electron chi connectivity index (χ1n) is 10.3. The van der Waals surface area contributed by atoms with Gasteiger partial charge in [-0.15, -0.1) is 0 Å². The lowest BCUT2D eigenvalue weighted by Gasteiger charge is -2.33. The van der Waals surface area contributed by atoms with Crippen LogP contribution in [0, 0.1) is 0 Å². The van der Waals surface area contributed by atoms with E-state index in [0.29, 0.717) is 32.7 Å². The van der Waals surface area contributed by atoms with Gasteiger partial charge in [0.15, 0.2) is 0 Å². The molecule has 2 heterocycles. The van der Waals surface area contributed by atoms with Crippen LogP contribution in [0.5, 0.6) is 5.75 Å². The number of ether oxygens (including phenoxy) is 2. The van der Waals surface area contributed by atoms with Gasteiger partial charge < -0.3 is 19.3 Å². The molecular formula is C22H32N2O4. The molecule has 28 heavy (non-hydrogen) atoms. The molecule has 0 aromatic heterocycles. The molecule has 0 saturated carbocycles. The largest absolute Gasteiger partial charge is 0.490 e. The summed E-state index contributed by atoms with van der Waals surface area (Å²) in [4.78, 5) is 28.7. The van der Waals surface area contributed by atoms with Crippen molar-refractivity contribution in [3.05, 3.63) is 22.8 Å². The third-order valence-electron chi connectivity index (χ3n) is 5.31. The van der Waals surface area contributed by atoms with Gasteiger partial charge in [-0.3, -0.25) is 4.79 Å². The van der Waals surface area contributed by atoms with Gasteiger partial charge in [0.05, 0.1) is 12.2 Å². The predicted molar refractivity (Wildman–Crippen MR) is 109 cm³/mol. The SMILES string of the molecule is CCC(=O)N1CCOc2cc3c(c(CC)c21)CCN(C(=O)OC(C)(C)C)CC3. The van der Waals surface area contributed by atoms with Crippen molar-refractivity contribution in [2.24, 2.45) is 0 Å². The van der Waals surface area contributed by atoms with E-state index in [9.17, 15) is 9.59 Å². The summed E-state index contributed by atoms with van der Waals surface area (Å²) in [7, 11) is 0. The van der Waals surface area contributed by atoms with E-state index in [0.717, 1.165) is 30.7 Å². The molecule has 0 fully saturated rings. The van der Waals surface area contributed by atoms with Crippen molar-refractivity contribution < 1.29 is 19.1 Å². The second-order valence-corrected chi connectivity index (χ2v) is 8.41. The van der Waals surface area contributed by atoms with Gasteiger partial charge in [-0.1, -0.05) is 13.8 Å². The van der Waals surface area contributed by atoms with Crippen molar-refractivity contribution in [1.29, 1.82) is 0 Å². The summed E-state index contributed by atoms with van der Waals surface area (Å²) in [5.41, 5.74) is 4.09. The monoisotopic (exact) mass is 388 g/mol. The molecule has 1 aromatic carbocycles. The number of nitrogens with zero attached hydrogens (tertiary/aromatic N) is 2. The van der Waals surface area contributed by atoms with Gasteiger partial charge in [0.25, 0.3) is 0 Å². The Bertz CT molecular complexity index is 767. The molecule has 6 nitrogen and oxygen atoms in total. The van der Waals surface area contributed by atoms with Crippen molar-refractivity contribution in [2.75, 3.05) is 31.1 Å². The van der Waals surface area contributed by atoms with E-state index < -0.39 is 5.60 Å². The number of hydrogen-bond acceptors (Lipinski definition) is 4. The van der Waals surface area contributed by atoms with Crippen molar-refractivity contribution in [2.45, 2.75) is 65.9 Å². The van der Waals surface area contributed by atoms with Crippen LogP contribution >= 0.6 is 0 Å². The number of hydrogen-bond donors (Lipinski definition) is 0. The fraction of sp³-hybridized carbons (Fsp3) is 0.636. The summed E-state index contributed by atoms with van der Waals surface area (Å²) >= 11 is 0. The molecule has 2 aliphatic rings. The van der Waals surface area contributed by atoms with E-state index in [4.69, 9.17) is 9.47 Å². The third kappa shape index (κ3) is 4.10. The average molecular weight is 389 g/mol. The first-order chi connectivity index (χ1) is 13.2. The molecule has 0 aliphatic carbocycles. The highest BCUT2D eigenvalue weighted by atomic mass is 16.6. The normalized spacial score (nSPS) is 16.6. The molecule has 0 unspecified atom stereocenters. The number of carbonyl (C=O) groups excluding carboxylic acids is 2. The molecular weight excluding hydrogens is 356 g/mol. The van der Waals surface area contributed by atoms with E-state index in [1.165, 1.54) is 16.7 Å². The quantitative estimate of drug-likeness (QED) is 0.775.